The van der Waals surface area contributed by atoms with Crippen LogP contribution < -0.4 is 4.31 Å². The van der Waals surface area contributed by atoms with Gasteiger partial charge in [-0.25, -0.2) is 22.0 Å². The summed E-state index contributed by atoms with van der Waals surface area (Å²) in [5, 5.41) is 0.326. The predicted octanol–water partition coefficient (Wildman–Crippen LogP) is 6.37. The lowest BCUT2D eigenvalue weighted by Gasteiger charge is -2.32. The van der Waals surface area contributed by atoms with Gasteiger partial charge in [0.15, 0.2) is 0 Å². The van der Waals surface area contributed by atoms with E-state index in [1.54, 1.807) is 31.2 Å². The van der Waals surface area contributed by atoms with Gasteiger partial charge in [0.25, 0.3) is 10.0 Å². The SMILES string of the molecule is C[C@H](c1ccccc1CCOC(=O)c1ccncc1)N(c1cc(F)ccc1F)S(=O)(=O)c1ccc(Cl)cc1. The third kappa shape index (κ3) is 6.00. The van der Waals surface area contributed by atoms with Crippen molar-refractivity contribution in [2.75, 3.05) is 10.9 Å². The van der Waals surface area contributed by atoms with Crippen LogP contribution in [-0.2, 0) is 21.2 Å². The van der Waals surface area contributed by atoms with Crippen LogP contribution in [0, 0.1) is 11.6 Å². The van der Waals surface area contributed by atoms with Crippen molar-refractivity contribution < 1.29 is 26.7 Å². The smallest absolute Gasteiger partial charge is 0.338 e. The second-order valence-electron chi connectivity index (χ2n) is 8.35. The average molecular weight is 557 g/mol. The summed E-state index contributed by atoms with van der Waals surface area (Å²) in [7, 11) is -4.37. The number of sulfonamides is 1. The molecule has 1 atom stereocenters. The number of nitrogens with zero attached hydrogens (tertiary/aromatic N) is 2. The Morgan fingerprint density at radius 2 is 1.68 bits per heavy atom. The van der Waals surface area contributed by atoms with Crippen molar-refractivity contribution in [3.05, 3.63) is 125 Å². The van der Waals surface area contributed by atoms with Crippen molar-refractivity contribution in [3.8, 4) is 0 Å². The molecule has 0 N–H and O–H groups in total. The number of anilines is 1. The Hall–Kier alpha value is -3.82. The number of halogens is 3. The number of carbonyl (C=O) groups is 1. The Kier molecular flexibility index (Phi) is 8.38. The molecule has 0 spiro atoms. The first-order valence-electron chi connectivity index (χ1n) is 11.6. The lowest BCUT2D eigenvalue weighted by atomic mass is 9.99. The molecular weight excluding hydrogens is 534 g/mol. The van der Waals surface area contributed by atoms with Crippen LogP contribution in [-0.4, -0.2) is 26.0 Å². The van der Waals surface area contributed by atoms with Gasteiger partial charge in [0.1, 0.15) is 11.6 Å². The van der Waals surface area contributed by atoms with Gasteiger partial charge in [0, 0.05) is 29.9 Å². The number of carbonyl (C=O) groups excluding carboxylic acids is 1. The van der Waals surface area contributed by atoms with E-state index in [9.17, 15) is 17.6 Å². The van der Waals surface area contributed by atoms with E-state index in [0.29, 0.717) is 21.7 Å². The molecule has 0 aliphatic carbocycles. The molecule has 0 aliphatic rings. The van der Waals surface area contributed by atoms with Gasteiger partial charge in [-0.15, -0.1) is 0 Å². The van der Waals surface area contributed by atoms with Gasteiger partial charge in [-0.3, -0.25) is 9.29 Å². The van der Waals surface area contributed by atoms with Crippen LogP contribution in [0.1, 0.15) is 34.5 Å². The number of hydrogen-bond donors (Lipinski definition) is 0. The van der Waals surface area contributed by atoms with Crippen LogP contribution in [0.4, 0.5) is 14.5 Å². The van der Waals surface area contributed by atoms with Crippen LogP contribution in [0.5, 0.6) is 0 Å². The first kappa shape index (κ1) is 27.2. The number of ether oxygens (including phenoxy) is 1. The van der Waals surface area contributed by atoms with E-state index in [0.717, 1.165) is 22.5 Å². The van der Waals surface area contributed by atoms with Crippen molar-refractivity contribution in [1.29, 1.82) is 0 Å². The molecule has 0 saturated heterocycles. The van der Waals surface area contributed by atoms with E-state index < -0.39 is 39.4 Å². The van der Waals surface area contributed by atoms with Gasteiger partial charge in [-0.2, -0.15) is 0 Å². The number of esters is 1. The summed E-state index contributed by atoms with van der Waals surface area (Å²) in [5.74, 6) is -2.22. The normalized spacial score (nSPS) is 12.1. The molecule has 0 aliphatic heterocycles. The predicted molar refractivity (Wildman–Crippen MR) is 141 cm³/mol. The van der Waals surface area contributed by atoms with Crippen LogP contribution >= 0.6 is 11.6 Å². The number of pyridine rings is 1. The third-order valence-electron chi connectivity index (χ3n) is 5.89. The minimum absolute atomic E-state index is 0.0170. The van der Waals surface area contributed by atoms with Crippen molar-refractivity contribution in [1.82, 2.24) is 4.98 Å². The molecule has 4 rings (SSSR count). The average Bonchev–Trinajstić information content (AvgIpc) is 2.91. The van der Waals surface area contributed by atoms with Crippen molar-refractivity contribution >= 4 is 33.3 Å². The summed E-state index contributed by atoms with van der Waals surface area (Å²) in [4.78, 5) is 16.0. The maximum absolute atomic E-state index is 15.0. The molecule has 0 radical (unpaired) electrons. The maximum Gasteiger partial charge on any atom is 0.338 e. The molecule has 0 bridgehead atoms. The van der Waals surface area contributed by atoms with E-state index in [1.165, 1.54) is 48.8 Å². The van der Waals surface area contributed by atoms with Crippen molar-refractivity contribution in [2.24, 2.45) is 0 Å². The minimum Gasteiger partial charge on any atom is -0.462 e. The number of rotatable bonds is 9. The fourth-order valence-electron chi connectivity index (χ4n) is 4.04. The Bertz CT molecular complexity index is 1530. The fraction of sp³-hybridized carbons (Fsp3) is 0.143. The van der Waals surface area contributed by atoms with Gasteiger partial charge < -0.3 is 4.74 Å². The van der Waals surface area contributed by atoms with E-state index in [1.807, 2.05) is 0 Å². The highest BCUT2D eigenvalue weighted by Gasteiger charge is 2.33. The molecule has 0 saturated carbocycles. The Morgan fingerprint density at radius 1 is 1.00 bits per heavy atom. The van der Waals surface area contributed by atoms with E-state index in [4.69, 9.17) is 16.3 Å². The quantitative estimate of drug-likeness (QED) is 0.224. The Labute approximate surface area is 224 Å². The van der Waals surface area contributed by atoms with Gasteiger partial charge in [0.2, 0.25) is 0 Å². The maximum atomic E-state index is 15.0. The molecule has 1 heterocycles. The molecular formula is C28H23ClF2N2O4S. The zero-order valence-electron chi connectivity index (χ0n) is 20.2. The monoisotopic (exact) mass is 556 g/mol. The van der Waals surface area contributed by atoms with Crippen LogP contribution in [0.25, 0.3) is 0 Å². The molecule has 1 aromatic heterocycles. The second kappa shape index (κ2) is 11.7. The molecule has 4 aromatic rings. The van der Waals surface area contributed by atoms with Crippen LogP contribution in [0.15, 0.2) is 96.2 Å². The van der Waals surface area contributed by atoms with Crippen LogP contribution in [0.3, 0.4) is 0 Å². The number of hydrogen-bond acceptors (Lipinski definition) is 5. The molecule has 3 aromatic carbocycles. The molecule has 6 nitrogen and oxygen atoms in total. The molecule has 0 unspecified atom stereocenters. The minimum atomic E-state index is -4.37. The first-order valence-corrected chi connectivity index (χ1v) is 13.4. The van der Waals surface area contributed by atoms with E-state index >= 15 is 4.39 Å². The largest absolute Gasteiger partial charge is 0.462 e. The van der Waals surface area contributed by atoms with Crippen molar-refractivity contribution in [3.63, 3.8) is 0 Å². The van der Waals surface area contributed by atoms with Gasteiger partial charge in [-0.1, -0.05) is 35.9 Å². The summed E-state index contributed by atoms with van der Waals surface area (Å²) in [5.41, 5.74) is 1.12. The number of benzene rings is 3. The van der Waals surface area contributed by atoms with Gasteiger partial charge in [-0.05, 0) is 66.6 Å². The topological polar surface area (TPSA) is 76.6 Å². The molecule has 196 valence electrons. The highest BCUT2D eigenvalue weighted by Crippen LogP contribution is 2.36. The first-order chi connectivity index (χ1) is 18.2. The van der Waals surface area contributed by atoms with Gasteiger partial charge in [0.05, 0.1) is 28.8 Å². The summed E-state index contributed by atoms with van der Waals surface area (Å²) < 4.78 is 63.1. The third-order valence-corrected chi connectivity index (χ3v) is 8.04. The lowest BCUT2D eigenvalue weighted by molar-refractivity contribution is 0.0509. The van der Waals surface area contributed by atoms with E-state index in [2.05, 4.69) is 4.98 Å². The molecule has 0 fully saturated rings. The highest BCUT2D eigenvalue weighted by atomic mass is 35.5. The Balaban J connectivity index is 1.69. The summed E-state index contributed by atoms with van der Waals surface area (Å²) >= 11 is 5.94. The highest BCUT2D eigenvalue weighted by molar-refractivity contribution is 7.92. The summed E-state index contributed by atoms with van der Waals surface area (Å²) in [6.45, 7) is 1.60. The standard InChI is InChI=1S/C28H23ClF2N2O4S/c1-19(25-5-3-2-4-20(25)14-17-37-28(34)21-12-15-32-16-13-21)33(27-18-23(30)8-11-26(27)31)38(35,36)24-9-6-22(29)7-10-24/h2-13,15-16,18-19H,14,17H2,1H3/t19-/m1/s1. The zero-order valence-corrected chi connectivity index (χ0v) is 21.8. The fourth-order valence-corrected chi connectivity index (χ4v) is 5.80. The lowest BCUT2D eigenvalue weighted by Crippen LogP contribution is -2.35. The van der Waals surface area contributed by atoms with E-state index in [-0.39, 0.29) is 17.9 Å². The second-order valence-corrected chi connectivity index (χ2v) is 10.6. The Morgan fingerprint density at radius 3 is 2.39 bits per heavy atom. The molecule has 38 heavy (non-hydrogen) atoms. The number of aromatic nitrogens is 1. The zero-order chi connectivity index (χ0) is 27.3. The van der Waals surface area contributed by atoms with Gasteiger partial charge >= 0.3 is 5.97 Å². The molecule has 0 amide bonds. The summed E-state index contributed by atoms with van der Waals surface area (Å²) in [6, 6.07) is 17.1. The molecule has 10 heteroatoms. The van der Waals surface area contributed by atoms with Crippen molar-refractivity contribution in [2.45, 2.75) is 24.3 Å². The summed E-state index contributed by atoms with van der Waals surface area (Å²) in [6.07, 6.45) is 3.22. The van der Waals surface area contributed by atoms with Crippen LogP contribution in [0.2, 0.25) is 5.02 Å².